The van der Waals surface area contributed by atoms with Gasteiger partial charge in [0.25, 0.3) is 0 Å². The number of Topliss-reactive ketones (excluding diaryl/α,β-unsaturated/α-hetero) is 3. The second kappa shape index (κ2) is 17.1. The van der Waals surface area contributed by atoms with E-state index in [1.54, 1.807) is 0 Å². The summed E-state index contributed by atoms with van der Waals surface area (Å²) in [7, 11) is 0. The fourth-order valence-electron chi connectivity index (χ4n) is 10.9. The molecule has 6 fully saturated rings. The van der Waals surface area contributed by atoms with Gasteiger partial charge in [-0.2, -0.15) is 92.2 Å². The van der Waals surface area contributed by atoms with E-state index in [1.165, 1.54) is 62.3 Å². The van der Waals surface area contributed by atoms with E-state index >= 15 is 0 Å². The second-order valence-corrected chi connectivity index (χ2v) is 20.6. The fraction of sp³-hybridized carbons (Fsp3) is 0.786. The number of allylic oxidation sites excluding steroid dienone is 6. The van der Waals surface area contributed by atoms with Crippen LogP contribution in [-0.2, 0) is 14.4 Å². The van der Waals surface area contributed by atoms with E-state index in [4.69, 9.17) is 0 Å². The van der Waals surface area contributed by atoms with Crippen LogP contribution in [0.2, 0.25) is 0 Å². The molecular weight excluding hydrogens is 1150 g/mol. The standard InChI is InChI=1S/3C14H15F7O2.Eu/c3*1-10(2)6-4-5-11(10,3)8(22)7(6)9(23)12(15,16)13(17,18)14(19,20)21;/h3*6,23H,4-5H2,1-3H3;/q;;;+3/p-3. The molecule has 0 radical (unpaired) electrons. The van der Waals surface area contributed by atoms with Crippen LogP contribution in [0.4, 0.5) is 92.2 Å². The van der Waals surface area contributed by atoms with Crippen molar-refractivity contribution in [1.29, 1.82) is 0 Å². The molecule has 0 aromatic carbocycles. The maximum absolute atomic E-state index is 13.6. The topological polar surface area (TPSA) is 120 Å². The monoisotopic (exact) mass is 1190 g/mol. The average molecular weight is 1190 g/mol. The summed E-state index contributed by atoms with van der Waals surface area (Å²) in [6.45, 7) is 13.3. The Balaban J connectivity index is 0.000000276. The molecule has 0 saturated heterocycles. The van der Waals surface area contributed by atoms with Gasteiger partial charge in [0.1, 0.15) is 0 Å². The van der Waals surface area contributed by atoms with Gasteiger partial charge in [0.05, 0.1) is 0 Å². The van der Waals surface area contributed by atoms with Crippen LogP contribution in [0.3, 0.4) is 0 Å². The van der Waals surface area contributed by atoms with Crippen molar-refractivity contribution in [2.45, 2.75) is 155 Å². The Labute approximate surface area is 425 Å². The minimum Gasteiger partial charge on any atom is -0.871 e. The van der Waals surface area contributed by atoms with E-state index in [2.05, 4.69) is 0 Å². The van der Waals surface area contributed by atoms with Crippen LogP contribution in [0.25, 0.3) is 0 Å². The molecule has 0 aromatic heterocycles. The smallest absolute Gasteiger partial charge is 0.871 e. The van der Waals surface area contributed by atoms with Crippen molar-refractivity contribution < 1.29 is 171 Å². The summed E-state index contributed by atoms with van der Waals surface area (Å²) in [5.74, 6) is -52.2. The van der Waals surface area contributed by atoms with Crippen LogP contribution in [0.1, 0.15) is 101 Å². The molecule has 0 aliphatic heterocycles. The molecular formula is C42H42EuF21O6. The van der Waals surface area contributed by atoms with Gasteiger partial charge >= 0.3 is 103 Å². The molecule has 6 aliphatic carbocycles. The molecule has 0 aromatic rings. The van der Waals surface area contributed by atoms with Crippen molar-refractivity contribution in [2.75, 3.05) is 0 Å². The van der Waals surface area contributed by atoms with Gasteiger partial charge in [0.2, 0.25) is 0 Å². The Morgan fingerprint density at radius 1 is 0.371 bits per heavy atom. The number of carbonyl (C=O) groups excluding carboxylic acids is 3. The molecule has 6 atom stereocenters. The summed E-state index contributed by atoms with van der Waals surface area (Å²) < 4.78 is 270. The van der Waals surface area contributed by atoms with Crippen molar-refractivity contribution in [3.63, 3.8) is 0 Å². The number of fused-ring (bicyclic) bond motifs is 6. The fourth-order valence-corrected chi connectivity index (χ4v) is 10.9. The first-order chi connectivity index (χ1) is 30.1. The van der Waals surface area contributed by atoms with E-state index in [1.807, 2.05) is 0 Å². The zero-order chi connectivity index (χ0) is 54.7. The van der Waals surface area contributed by atoms with Gasteiger partial charge in [-0.25, -0.2) is 0 Å². The normalized spacial score (nSPS) is 32.8. The third kappa shape index (κ3) is 7.90. The van der Waals surface area contributed by atoms with Crippen molar-refractivity contribution in [2.24, 2.45) is 50.2 Å². The largest absolute Gasteiger partial charge is 3.00 e. The Hall–Kier alpha value is -2.26. The summed E-state index contributed by atoms with van der Waals surface area (Å²) in [4.78, 5) is 36.8. The van der Waals surface area contributed by atoms with E-state index in [0.29, 0.717) is 0 Å². The first-order valence-corrected chi connectivity index (χ1v) is 20.5. The van der Waals surface area contributed by atoms with E-state index < -0.39 is 156 Å². The van der Waals surface area contributed by atoms with Crippen molar-refractivity contribution >= 4 is 17.3 Å². The van der Waals surface area contributed by atoms with Crippen molar-refractivity contribution in [3.05, 3.63) is 34.0 Å². The number of hydrogen-bond acceptors (Lipinski definition) is 6. The third-order valence-corrected chi connectivity index (χ3v) is 16.8. The molecule has 400 valence electrons. The summed E-state index contributed by atoms with van der Waals surface area (Å²) >= 11 is 0. The Morgan fingerprint density at radius 2 is 0.529 bits per heavy atom. The maximum Gasteiger partial charge on any atom is 3.00 e. The first kappa shape index (κ1) is 62.0. The zero-order valence-electron chi connectivity index (χ0n) is 37.7. The van der Waals surface area contributed by atoms with Crippen LogP contribution >= 0.6 is 0 Å². The molecule has 28 heteroatoms. The number of halogens is 21. The number of hydrogen-bond donors (Lipinski definition) is 0. The minimum atomic E-state index is -6.60. The quantitative estimate of drug-likeness (QED) is 0.148. The third-order valence-electron chi connectivity index (χ3n) is 16.8. The molecule has 6 aliphatic rings. The molecule has 0 heterocycles. The first-order valence-electron chi connectivity index (χ1n) is 20.5. The van der Waals surface area contributed by atoms with Crippen LogP contribution in [0.15, 0.2) is 34.0 Å². The molecule has 0 spiro atoms. The molecule has 6 nitrogen and oxygen atoms in total. The Bertz CT molecular complexity index is 2020. The van der Waals surface area contributed by atoms with Crippen molar-refractivity contribution in [3.8, 4) is 0 Å². The van der Waals surface area contributed by atoms with E-state index in [9.17, 15) is 122 Å². The number of ketones is 3. The van der Waals surface area contributed by atoms with Crippen LogP contribution in [-0.4, -0.2) is 71.4 Å². The Kier molecular flexibility index (Phi) is 15.2. The van der Waals surface area contributed by atoms with Crippen LogP contribution < -0.4 is 15.3 Å². The predicted octanol–water partition coefficient (Wildman–Crippen LogP) is 10.4. The summed E-state index contributed by atoms with van der Waals surface area (Å²) in [5, 5.41) is 35.4. The van der Waals surface area contributed by atoms with Gasteiger partial charge in [-0.3, -0.25) is 14.4 Å². The SMILES string of the molecule is CC12CCC(C(=C([O-])C(F)(F)C(F)(F)C(F)(F)F)C1=O)C2(C)C.CC12CCC(C(=C([O-])C(F)(F)C(F)(F)C(F)(F)F)C1=O)C2(C)C.CC12CCC(C(=C([O-])C(F)(F)C(F)(F)C(F)(F)F)C1=O)C2(C)C.[Eu+3]. The molecule has 0 N–H and O–H groups in total. The van der Waals surface area contributed by atoms with E-state index in [-0.39, 0.29) is 87.9 Å². The van der Waals surface area contributed by atoms with Crippen molar-refractivity contribution in [1.82, 2.24) is 0 Å². The zero-order valence-corrected chi connectivity index (χ0v) is 40.2. The number of rotatable bonds is 6. The van der Waals surface area contributed by atoms with Gasteiger partial charge in [-0.1, -0.05) is 62.3 Å². The second-order valence-electron chi connectivity index (χ2n) is 20.6. The predicted molar refractivity (Wildman–Crippen MR) is 188 cm³/mol. The summed E-state index contributed by atoms with van der Waals surface area (Å²) in [5.41, 5.74) is -9.87. The number of carbonyl (C=O) groups is 3. The maximum atomic E-state index is 13.6. The van der Waals surface area contributed by atoms with Crippen LogP contribution in [0.5, 0.6) is 0 Å². The molecule has 6 saturated carbocycles. The summed E-state index contributed by atoms with van der Waals surface area (Å²) in [6.07, 6.45) is -18.7. The van der Waals surface area contributed by atoms with Gasteiger partial charge in [-0.05, 0) is 107 Å². The molecule has 6 unspecified atom stereocenters. The Morgan fingerprint density at radius 3 is 0.643 bits per heavy atom. The van der Waals surface area contributed by atoms with Gasteiger partial charge in [-0.15, -0.1) is 0 Å². The van der Waals surface area contributed by atoms with Crippen LogP contribution in [0, 0.1) is 99.6 Å². The molecule has 70 heavy (non-hydrogen) atoms. The minimum absolute atomic E-state index is 0. The average Bonchev–Trinajstić information content (AvgIpc) is 3.79. The molecule has 6 rings (SSSR count). The van der Waals surface area contributed by atoms with Gasteiger partial charge in [0, 0.05) is 16.2 Å². The summed E-state index contributed by atoms with van der Waals surface area (Å²) in [6, 6.07) is 0. The molecule has 0 amide bonds. The van der Waals surface area contributed by atoms with E-state index in [0.717, 1.165) is 0 Å². The van der Waals surface area contributed by atoms with Gasteiger partial charge < -0.3 is 15.3 Å². The number of alkyl halides is 21. The molecule has 6 bridgehead atoms. The van der Waals surface area contributed by atoms with Gasteiger partial charge in [0.15, 0.2) is 17.3 Å².